The van der Waals surface area contributed by atoms with Crippen LogP contribution in [-0.4, -0.2) is 4.98 Å². The van der Waals surface area contributed by atoms with Gasteiger partial charge in [-0.05, 0) is 6.07 Å². The molecule has 1 aliphatic rings. The van der Waals surface area contributed by atoms with Crippen LogP contribution in [0.5, 0.6) is 0 Å². The van der Waals surface area contributed by atoms with E-state index in [2.05, 4.69) is 10.3 Å². The number of benzene rings is 1. The maximum absolute atomic E-state index is 6.09. The van der Waals surface area contributed by atoms with Crippen molar-refractivity contribution in [1.82, 2.24) is 10.3 Å². The van der Waals surface area contributed by atoms with Gasteiger partial charge in [-0.15, -0.1) is 0 Å². The maximum atomic E-state index is 6.09. The number of hydrogen-bond donors (Lipinski definition) is 2. The maximum Gasteiger partial charge on any atom is 0.0726 e. The summed E-state index contributed by atoms with van der Waals surface area (Å²) >= 11 is 0. The first-order chi connectivity index (χ1) is 6.86. The average molecular weight is 185 g/mol. The monoisotopic (exact) mass is 185 g/mol. The number of fused-ring (bicyclic) bond motifs is 2. The normalized spacial score (nSPS) is 14.6. The Balaban J connectivity index is 2.44. The van der Waals surface area contributed by atoms with Gasteiger partial charge in [-0.1, -0.05) is 18.2 Å². The highest BCUT2D eigenvalue weighted by Gasteiger charge is 2.16. The number of nitrogens with two attached hydrogens (primary N) is 1. The predicted octanol–water partition coefficient (Wildman–Crippen LogP) is 1.42. The van der Waals surface area contributed by atoms with Crippen molar-refractivity contribution in [2.45, 2.75) is 13.1 Å². The van der Waals surface area contributed by atoms with Crippen LogP contribution in [0.1, 0.15) is 11.3 Å². The van der Waals surface area contributed by atoms with Crippen molar-refractivity contribution in [2.75, 3.05) is 5.73 Å². The minimum Gasteiger partial charge on any atom is -0.398 e. The molecule has 3 rings (SSSR count). The van der Waals surface area contributed by atoms with E-state index >= 15 is 0 Å². The zero-order chi connectivity index (χ0) is 9.54. The SMILES string of the molecule is Nc1c2c(nc3ccccc13)CNC2. The summed E-state index contributed by atoms with van der Waals surface area (Å²) < 4.78 is 0. The summed E-state index contributed by atoms with van der Waals surface area (Å²) in [6.45, 7) is 1.68. The van der Waals surface area contributed by atoms with Gasteiger partial charge in [0.05, 0.1) is 11.2 Å². The van der Waals surface area contributed by atoms with Crippen LogP contribution in [0.15, 0.2) is 24.3 Å². The molecular weight excluding hydrogens is 174 g/mol. The number of pyridine rings is 1. The van der Waals surface area contributed by atoms with E-state index < -0.39 is 0 Å². The molecule has 0 aliphatic carbocycles. The van der Waals surface area contributed by atoms with Crippen LogP contribution in [0.2, 0.25) is 0 Å². The van der Waals surface area contributed by atoms with Crippen molar-refractivity contribution >= 4 is 16.6 Å². The lowest BCUT2D eigenvalue weighted by Crippen LogP contribution is -2.01. The number of rotatable bonds is 0. The third kappa shape index (κ3) is 0.930. The molecule has 1 aromatic heterocycles. The number of nitrogens with one attached hydrogen (secondary N) is 1. The van der Waals surface area contributed by atoms with Gasteiger partial charge in [-0.3, -0.25) is 4.98 Å². The molecule has 0 atom stereocenters. The molecule has 0 saturated carbocycles. The summed E-state index contributed by atoms with van der Waals surface area (Å²) in [4.78, 5) is 4.57. The van der Waals surface area contributed by atoms with Gasteiger partial charge in [0, 0.05) is 29.7 Å². The molecule has 14 heavy (non-hydrogen) atoms. The van der Waals surface area contributed by atoms with Crippen LogP contribution in [0.4, 0.5) is 5.69 Å². The quantitative estimate of drug-likeness (QED) is 0.652. The van der Waals surface area contributed by atoms with Crippen molar-refractivity contribution in [3.05, 3.63) is 35.5 Å². The Morgan fingerprint density at radius 2 is 2.07 bits per heavy atom. The fourth-order valence-electron chi connectivity index (χ4n) is 1.98. The molecule has 0 radical (unpaired) electrons. The molecule has 0 fully saturated rings. The van der Waals surface area contributed by atoms with Gasteiger partial charge in [0.2, 0.25) is 0 Å². The second-order valence-corrected chi connectivity index (χ2v) is 3.57. The van der Waals surface area contributed by atoms with Crippen LogP contribution >= 0.6 is 0 Å². The molecule has 2 aromatic rings. The Bertz CT molecular complexity index is 505. The van der Waals surface area contributed by atoms with Gasteiger partial charge in [0.15, 0.2) is 0 Å². The molecule has 2 heterocycles. The van der Waals surface area contributed by atoms with E-state index in [0.29, 0.717) is 0 Å². The first kappa shape index (κ1) is 7.76. The van der Waals surface area contributed by atoms with E-state index in [1.807, 2.05) is 24.3 Å². The Hall–Kier alpha value is -1.61. The summed E-state index contributed by atoms with van der Waals surface area (Å²) in [5.41, 5.74) is 10.2. The molecule has 1 aromatic carbocycles. The molecule has 0 unspecified atom stereocenters. The van der Waals surface area contributed by atoms with Gasteiger partial charge in [0.1, 0.15) is 0 Å². The molecule has 0 bridgehead atoms. The van der Waals surface area contributed by atoms with E-state index in [1.54, 1.807) is 0 Å². The number of nitrogens with zero attached hydrogens (tertiary/aromatic N) is 1. The van der Waals surface area contributed by atoms with E-state index in [1.165, 1.54) is 5.56 Å². The second kappa shape index (κ2) is 2.69. The van der Waals surface area contributed by atoms with Crippen LogP contribution < -0.4 is 11.1 Å². The summed E-state index contributed by atoms with van der Waals surface area (Å²) in [5.74, 6) is 0. The lowest BCUT2D eigenvalue weighted by molar-refractivity contribution is 0.759. The minimum atomic E-state index is 0.838. The van der Waals surface area contributed by atoms with E-state index in [0.717, 1.165) is 35.4 Å². The number of anilines is 1. The Morgan fingerprint density at radius 3 is 3.00 bits per heavy atom. The topological polar surface area (TPSA) is 50.9 Å². The zero-order valence-electron chi connectivity index (χ0n) is 7.75. The largest absolute Gasteiger partial charge is 0.398 e. The van der Waals surface area contributed by atoms with E-state index in [4.69, 9.17) is 5.73 Å². The summed E-state index contributed by atoms with van der Waals surface area (Å²) in [6.07, 6.45) is 0. The fraction of sp³-hybridized carbons (Fsp3) is 0.182. The highest BCUT2D eigenvalue weighted by atomic mass is 14.9. The lowest BCUT2D eigenvalue weighted by Gasteiger charge is -2.06. The Morgan fingerprint density at radius 1 is 1.21 bits per heavy atom. The fourth-order valence-corrected chi connectivity index (χ4v) is 1.98. The third-order valence-corrected chi connectivity index (χ3v) is 2.72. The van der Waals surface area contributed by atoms with Gasteiger partial charge in [0.25, 0.3) is 0 Å². The van der Waals surface area contributed by atoms with E-state index in [9.17, 15) is 0 Å². The first-order valence-electron chi connectivity index (χ1n) is 4.73. The predicted molar refractivity (Wildman–Crippen MR) is 56.7 cm³/mol. The molecule has 3 heteroatoms. The van der Waals surface area contributed by atoms with Crippen molar-refractivity contribution in [3.8, 4) is 0 Å². The molecule has 0 saturated heterocycles. The van der Waals surface area contributed by atoms with Gasteiger partial charge >= 0.3 is 0 Å². The molecule has 3 nitrogen and oxygen atoms in total. The number of hydrogen-bond acceptors (Lipinski definition) is 3. The smallest absolute Gasteiger partial charge is 0.0726 e. The number of nitrogen functional groups attached to an aromatic ring is 1. The van der Waals surface area contributed by atoms with Crippen LogP contribution in [-0.2, 0) is 13.1 Å². The van der Waals surface area contributed by atoms with Crippen LogP contribution in [0.3, 0.4) is 0 Å². The molecule has 70 valence electrons. The van der Waals surface area contributed by atoms with Crippen molar-refractivity contribution in [1.29, 1.82) is 0 Å². The van der Waals surface area contributed by atoms with Crippen molar-refractivity contribution in [2.24, 2.45) is 0 Å². The first-order valence-corrected chi connectivity index (χ1v) is 4.73. The Labute approximate surface area is 81.9 Å². The van der Waals surface area contributed by atoms with Crippen molar-refractivity contribution < 1.29 is 0 Å². The standard InChI is InChI=1S/C11H11N3/c12-11-7-3-1-2-4-9(7)14-10-6-13-5-8(10)11/h1-4,13H,5-6H2,(H2,12,14). The molecule has 0 spiro atoms. The summed E-state index contributed by atoms with van der Waals surface area (Å²) in [5, 5.41) is 4.33. The summed E-state index contributed by atoms with van der Waals surface area (Å²) in [7, 11) is 0. The minimum absolute atomic E-state index is 0.838. The molecule has 3 N–H and O–H groups in total. The number of aromatic nitrogens is 1. The lowest BCUT2D eigenvalue weighted by atomic mass is 10.1. The summed E-state index contributed by atoms with van der Waals surface area (Å²) in [6, 6.07) is 8.01. The Kier molecular flexibility index (Phi) is 1.49. The highest BCUT2D eigenvalue weighted by Crippen LogP contribution is 2.27. The van der Waals surface area contributed by atoms with Gasteiger partial charge < -0.3 is 11.1 Å². The van der Waals surface area contributed by atoms with Crippen LogP contribution in [0.25, 0.3) is 10.9 Å². The van der Waals surface area contributed by atoms with Crippen LogP contribution in [0, 0.1) is 0 Å². The molecular formula is C11H11N3. The molecule has 0 amide bonds. The third-order valence-electron chi connectivity index (χ3n) is 2.72. The molecule has 1 aliphatic heterocycles. The number of para-hydroxylation sites is 1. The van der Waals surface area contributed by atoms with Gasteiger partial charge in [-0.2, -0.15) is 0 Å². The van der Waals surface area contributed by atoms with Crippen molar-refractivity contribution in [3.63, 3.8) is 0 Å². The van der Waals surface area contributed by atoms with E-state index in [-0.39, 0.29) is 0 Å². The zero-order valence-corrected chi connectivity index (χ0v) is 7.75. The highest BCUT2D eigenvalue weighted by molar-refractivity contribution is 5.92. The average Bonchev–Trinajstić information content (AvgIpc) is 2.66. The second-order valence-electron chi connectivity index (χ2n) is 3.57. The van der Waals surface area contributed by atoms with Gasteiger partial charge in [-0.25, -0.2) is 0 Å².